The molecule has 1 aromatic heterocycles. The van der Waals surface area contributed by atoms with Gasteiger partial charge in [0, 0.05) is 24.5 Å². The van der Waals surface area contributed by atoms with Gasteiger partial charge in [0.1, 0.15) is 0 Å². The quantitative estimate of drug-likeness (QED) is 0.847. The van der Waals surface area contributed by atoms with Gasteiger partial charge in [-0.2, -0.15) is 0 Å². The highest BCUT2D eigenvalue weighted by Crippen LogP contribution is 2.29. The molecule has 1 amide bonds. The molecule has 1 aliphatic heterocycles. The van der Waals surface area contributed by atoms with Gasteiger partial charge in [-0.15, -0.1) is 11.3 Å². The number of hydrogen-bond acceptors (Lipinski definition) is 3. The molecule has 2 aromatic rings. The average Bonchev–Trinajstić information content (AvgIpc) is 2.87. The van der Waals surface area contributed by atoms with Crippen molar-refractivity contribution in [1.29, 1.82) is 0 Å². The first kappa shape index (κ1) is 15.3. The van der Waals surface area contributed by atoms with E-state index in [4.69, 9.17) is 0 Å². The fourth-order valence-corrected chi connectivity index (χ4v) is 3.93. The van der Waals surface area contributed by atoms with E-state index in [-0.39, 0.29) is 11.9 Å². The molecule has 1 aliphatic rings. The van der Waals surface area contributed by atoms with E-state index in [9.17, 15) is 4.79 Å². The van der Waals surface area contributed by atoms with Gasteiger partial charge in [-0.3, -0.25) is 4.79 Å². The maximum atomic E-state index is 13.0. The Kier molecular flexibility index (Phi) is 4.32. The van der Waals surface area contributed by atoms with Crippen LogP contribution in [0.5, 0.6) is 0 Å². The molecule has 1 saturated heterocycles. The summed E-state index contributed by atoms with van der Waals surface area (Å²) < 4.78 is 0. The molecule has 116 valence electrons. The number of piperazine rings is 1. The van der Waals surface area contributed by atoms with Crippen molar-refractivity contribution in [3.8, 4) is 0 Å². The number of carbonyl (C=O) groups excluding carboxylic acids is 1. The number of hydrogen-bond donors (Lipinski definition) is 0. The van der Waals surface area contributed by atoms with E-state index in [1.165, 1.54) is 16.0 Å². The Labute approximate surface area is 136 Å². The molecule has 0 spiro atoms. The molecule has 22 heavy (non-hydrogen) atoms. The first-order valence-electron chi connectivity index (χ1n) is 7.68. The van der Waals surface area contributed by atoms with Crippen LogP contribution in [0.2, 0.25) is 0 Å². The average molecular weight is 314 g/mol. The predicted octanol–water partition coefficient (Wildman–Crippen LogP) is 3.49. The molecule has 4 heteroatoms. The molecule has 0 bridgehead atoms. The third kappa shape index (κ3) is 2.94. The van der Waals surface area contributed by atoms with Crippen molar-refractivity contribution in [2.24, 2.45) is 0 Å². The molecular weight excluding hydrogens is 292 g/mol. The Hall–Kier alpha value is -1.65. The van der Waals surface area contributed by atoms with E-state index in [1.54, 1.807) is 11.3 Å². The second kappa shape index (κ2) is 6.23. The minimum Gasteiger partial charge on any atom is -0.328 e. The maximum absolute atomic E-state index is 13.0. The highest BCUT2D eigenvalue weighted by Gasteiger charge is 2.31. The first-order chi connectivity index (χ1) is 10.6. The Morgan fingerprint density at radius 3 is 2.55 bits per heavy atom. The van der Waals surface area contributed by atoms with E-state index in [2.05, 4.69) is 37.9 Å². The topological polar surface area (TPSA) is 23.6 Å². The summed E-state index contributed by atoms with van der Waals surface area (Å²) in [5.41, 5.74) is 2.42. The lowest BCUT2D eigenvalue weighted by Crippen LogP contribution is -2.49. The summed E-state index contributed by atoms with van der Waals surface area (Å²) in [5.74, 6) is 0.170. The standard InChI is InChI=1S/C18H22N2OS/c1-13-11-17(22-14(13)2)18(21)20-10-9-19(3)12-16(20)15-7-5-4-6-8-15/h4-8,11,16H,9-10,12H2,1-3H3/t16-/m0/s1. The smallest absolute Gasteiger partial charge is 0.264 e. The Balaban J connectivity index is 1.91. The van der Waals surface area contributed by atoms with Crippen molar-refractivity contribution in [2.75, 3.05) is 26.7 Å². The molecule has 1 aromatic carbocycles. The van der Waals surface area contributed by atoms with Crippen LogP contribution in [-0.4, -0.2) is 42.4 Å². The van der Waals surface area contributed by atoms with Gasteiger partial charge < -0.3 is 9.80 Å². The van der Waals surface area contributed by atoms with E-state index in [0.717, 1.165) is 24.5 Å². The number of nitrogens with zero attached hydrogens (tertiary/aromatic N) is 2. The van der Waals surface area contributed by atoms with Gasteiger partial charge in [-0.05, 0) is 38.1 Å². The molecule has 1 atom stereocenters. The van der Waals surface area contributed by atoms with Crippen molar-refractivity contribution in [3.05, 3.63) is 57.3 Å². The van der Waals surface area contributed by atoms with Gasteiger partial charge in [0.25, 0.3) is 5.91 Å². The Morgan fingerprint density at radius 1 is 1.18 bits per heavy atom. The summed E-state index contributed by atoms with van der Waals surface area (Å²) in [6.45, 7) is 6.75. The van der Waals surface area contributed by atoms with Crippen LogP contribution < -0.4 is 0 Å². The van der Waals surface area contributed by atoms with Crippen molar-refractivity contribution >= 4 is 17.2 Å². The van der Waals surface area contributed by atoms with Crippen LogP contribution in [0.15, 0.2) is 36.4 Å². The van der Waals surface area contributed by atoms with Crippen LogP contribution >= 0.6 is 11.3 Å². The minimum absolute atomic E-state index is 0.134. The maximum Gasteiger partial charge on any atom is 0.264 e. The molecule has 3 rings (SSSR count). The lowest BCUT2D eigenvalue weighted by Gasteiger charge is -2.40. The minimum atomic E-state index is 0.134. The molecule has 0 N–H and O–H groups in total. The van der Waals surface area contributed by atoms with Crippen LogP contribution in [-0.2, 0) is 0 Å². The van der Waals surface area contributed by atoms with Crippen molar-refractivity contribution in [3.63, 3.8) is 0 Å². The van der Waals surface area contributed by atoms with Crippen LogP contribution in [0.25, 0.3) is 0 Å². The lowest BCUT2D eigenvalue weighted by atomic mass is 10.0. The lowest BCUT2D eigenvalue weighted by molar-refractivity contribution is 0.0503. The number of thiophene rings is 1. The number of amides is 1. The van der Waals surface area contributed by atoms with Gasteiger partial charge in [-0.1, -0.05) is 30.3 Å². The zero-order valence-electron chi connectivity index (χ0n) is 13.4. The molecule has 2 heterocycles. The second-order valence-corrected chi connectivity index (χ2v) is 7.29. The highest BCUT2D eigenvalue weighted by atomic mass is 32.1. The number of likely N-dealkylation sites (N-methyl/N-ethyl adjacent to an activating group) is 1. The monoisotopic (exact) mass is 314 g/mol. The molecule has 0 radical (unpaired) electrons. The molecule has 0 unspecified atom stereocenters. The van der Waals surface area contributed by atoms with Gasteiger partial charge in [0.05, 0.1) is 10.9 Å². The van der Waals surface area contributed by atoms with E-state index in [1.807, 2.05) is 29.2 Å². The summed E-state index contributed by atoms with van der Waals surface area (Å²) in [6.07, 6.45) is 0. The predicted molar refractivity (Wildman–Crippen MR) is 91.5 cm³/mol. The largest absolute Gasteiger partial charge is 0.328 e. The highest BCUT2D eigenvalue weighted by molar-refractivity contribution is 7.14. The third-order valence-electron chi connectivity index (χ3n) is 4.41. The van der Waals surface area contributed by atoms with Gasteiger partial charge in [-0.25, -0.2) is 0 Å². The van der Waals surface area contributed by atoms with Crippen molar-refractivity contribution in [2.45, 2.75) is 19.9 Å². The molecular formula is C18H22N2OS. The van der Waals surface area contributed by atoms with E-state index >= 15 is 0 Å². The zero-order valence-corrected chi connectivity index (χ0v) is 14.2. The fraction of sp³-hybridized carbons (Fsp3) is 0.389. The second-order valence-electron chi connectivity index (χ2n) is 6.04. The summed E-state index contributed by atoms with van der Waals surface area (Å²) in [4.78, 5) is 19.4. The fourth-order valence-electron chi connectivity index (χ4n) is 2.94. The van der Waals surface area contributed by atoms with Crippen LogP contribution in [0, 0.1) is 13.8 Å². The zero-order chi connectivity index (χ0) is 15.7. The third-order valence-corrected chi connectivity index (χ3v) is 5.55. The van der Waals surface area contributed by atoms with Crippen LogP contribution in [0.4, 0.5) is 0 Å². The van der Waals surface area contributed by atoms with Gasteiger partial charge >= 0.3 is 0 Å². The molecule has 0 saturated carbocycles. The molecule has 0 aliphatic carbocycles. The Morgan fingerprint density at radius 2 is 1.91 bits per heavy atom. The first-order valence-corrected chi connectivity index (χ1v) is 8.49. The summed E-state index contributed by atoms with van der Waals surface area (Å²) in [7, 11) is 2.12. The van der Waals surface area contributed by atoms with Crippen molar-refractivity contribution in [1.82, 2.24) is 9.80 Å². The normalized spacial score (nSPS) is 19.4. The van der Waals surface area contributed by atoms with E-state index < -0.39 is 0 Å². The Bertz CT molecular complexity index is 645. The molecule has 3 nitrogen and oxygen atoms in total. The molecule has 1 fully saturated rings. The summed E-state index contributed by atoms with van der Waals surface area (Å²) in [5, 5.41) is 0. The number of rotatable bonds is 2. The van der Waals surface area contributed by atoms with Crippen molar-refractivity contribution < 1.29 is 4.79 Å². The van der Waals surface area contributed by atoms with Crippen LogP contribution in [0.1, 0.15) is 31.7 Å². The van der Waals surface area contributed by atoms with E-state index in [0.29, 0.717) is 0 Å². The number of benzene rings is 1. The SMILES string of the molecule is Cc1cc(C(=O)N2CCN(C)C[C@H]2c2ccccc2)sc1C. The summed E-state index contributed by atoms with van der Waals surface area (Å²) in [6, 6.07) is 12.5. The van der Waals surface area contributed by atoms with Gasteiger partial charge in [0.2, 0.25) is 0 Å². The number of carbonyl (C=O) groups is 1. The number of aryl methyl sites for hydroxylation is 2. The van der Waals surface area contributed by atoms with Crippen LogP contribution in [0.3, 0.4) is 0 Å². The van der Waals surface area contributed by atoms with Gasteiger partial charge in [0.15, 0.2) is 0 Å². The summed E-state index contributed by atoms with van der Waals surface area (Å²) >= 11 is 1.61.